The first kappa shape index (κ1) is 31.4. The Morgan fingerprint density at radius 3 is 2.32 bits per heavy atom. The first-order chi connectivity index (χ1) is 20.8. The quantitative estimate of drug-likeness (QED) is 0.159. The van der Waals surface area contributed by atoms with E-state index in [9.17, 15) is 4.57 Å². The molecule has 5 aromatic rings. The lowest BCUT2D eigenvalue weighted by atomic mass is 9.81. The van der Waals surface area contributed by atoms with E-state index in [4.69, 9.17) is 4.74 Å². The Hall–Kier alpha value is -4.01. The molecule has 0 fully saturated rings. The number of rotatable bonds is 8. The largest absolute Gasteiger partial charge is 0.494 e. The van der Waals surface area contributed by atoms with E-state index in [-0.39, 0.29) is 17.1 Å². The van der Waals surface area contributed by atoms with Crippen LogP contribution in [0.25, 0.3) is 22.3 Å². The van der Waals surface area contributed by atoms with E-state index >= 15 is 4.39 Å². The number of methoxy groups -OCH3 is 1. The number of benzene rings is 3. The van der Waals surface area contributed by atoms with Crippen molar-refractivity contribution in [2.75, 3.05) is 31.1 Å². The standard InChI is InChI=1S/C33H35BrFN6O2P/c1-33(2,3)23-16-26(43-5)30(29(35)28(23)22-17-37-41(4)19-22)39-32-36-18-24(34)31(40-32)38-25-14-13-21(15-27(25)44(6,7)42)20-11-9-8-10-12-20/h8-19H,1-7H3,(H2,36,38,39,40). The summed E-state index contributed by atoms with van der Waals surface area (Å²) in [6, 6.07) is 17.6. The predicted octanol–water partition coefficient (Wildman–Crippen LogP) is 8.49. The molecule has 44 heavy (non-hydrogen) atoms. The molecule has 0 saturated heterocycles. The van der Waals surface area contributed by atoms with Gasteiger partial charge in [-0.3, -0.25) is 4.68 Å². The molecule has 8 nitrogen and oxygen atoms in total. The zero-order chi connectivity index (χ0) is 31.8. The summed E-state index contributed by atoms with van der Waals surface area (Å²) in [5.41, 5.74) is 4.22. The molecule has 0 aliphatic heterocycles. The second-order valence-corrected chi connectivity index (χ2v) is 16.0. The molecule has 0 aliphatic rings. The van der Waals surface area contributed by atoms with Gasteiger partial charge in [-0.1, -0.05) is 57.2 Å². The summed E-state index contributed by atoms with van der Waals surface area (Å²) in [6.07, 6.45) is 4.99. The number of aromatic nitrogens is 4. The number of hydrogen-bond acceptors (Lipinski definition) is 7. The minimum atomic E-state index is -2.70. The number of nitrogens with zero attached hydrogens (tertiary/aromatic N) is 4. The van der Waals surface area contributed by atoms with Crippen LogP contribution in [0.4, 0.5) is 27.5 Å². The molecule has 2 aromatic heterocycles. The molecule has 0 spiro atoms. The number of hydrogen-bond donors (Lipinski definition) is 2. The first-order valence-electron chi connectivity index (χ1n) is 14.0. The summed E-state index contributed by atoms with van der Waals surface area (Å²) in [7, 11) is 0.593. The Bertz CT molecular complexity index is 1880. The number of nitrogens with one attached hydrogen (secondary N) is 2. The van der Waals surface area contributed by atoms with Crippen molar-refractivity contribution in [2.24, 2.45) is 7.05 Å². The van der Waals surface area contributed by atoms with Gasteiger partial charge >= 0.3 is 0 Å². The molecule has 0 radical (unpaired) electrons. The topological polar surface area (TPSA) is 94.0 Å². The van der Waals surface area contributed by atoms with Gasteiger partial charge in [0.25, 0.3) is 0 Å². The summed E-state index contributed by atoms with van der Waals surface area (Å²) in [4.78, 5) is 9.04. The first-order valence-corrected chi connectivity index (χ1v) is 17.4. The van der Waals surface area contributed by atoms with Crippen molar-refractivity contribution in [2.45, 2.75) is 26.2 Å². The van der Waals surface area contributed by atoms with E-state index in [1.807, 2.05) is 75.4 Å². The van der Waals surface area contributed by atoms with Crippen LogP contribution in [0.2, 0.25) is 0 Å². The van der Waals surface area contributed by atoms with Gasteiger partial charge in [-0.25, -0.2) is 9.37 Å². The molecule has 0 aliphatic carbocycles. The second kappa shape index (κ2) is 12.2. The van der Waals surface area contributed by atoms with Crippen LogP contribution >= 0.6 is 23.1 Å². The maximum Gasteiger partial charge on any atom is 0.229 e. The van der Waals surface area contributed by atoms with Crippen LogP contribution in [-0.4, -0.2) is 40.2 Å². The fourth-order valence-electron chi connectivity index (χ4n) is 4.98. The third-order valence-corrected chi connectivity index (χ3v) is 9.28. The molecule has 2 heterocycles. The SMILES string of the molecule is COc1cc(C(C)(C)C)c(-c2cnn(C)c2)c(F)c1Nc1ncc(Br)c(Nc2ccc(-c3ccccc3)cc2P(C)(C)=O)n1. The fourth-order valence-corrected chi connectivity index (χ4v) is 6.43. The van der Waals surface area contributed by atoms with Gasteiger partial charge in [0, 0.05) is 35.9 Å². The van der Waals surface area contributed by atoms with Crippen LogP contribution in [-0.2, 0) is 17.0 Å². The Morgan fingerprint density at radius 1 is 0.977 bits per heavy atom. The average molecular weight is 678 g/mol. The van der Waals surface area contributed by atoms with Gasteiger partial charge in [0.1, 0.15) is 24.4 Å². The Balaban J connectivity index is 1.55. The van der Waals surface area contributed by atoms with Crippen LogP contribution in [0.15, 0.2) is 77.7 Å². The van der Waals surface area contributed by atoms with Gasteiger partial charge in [0.15, 0.2) is 5.82 Å². The van der Waals surface area contributed by atoms with Gasteiger partial charge in [0.2, 0.25) is 5.95 Å². The van der Waals surface area contributed by atoms with Crippen molar-refractivity contribution in [3.63, 3.8) is 0 Å². The van der Waals surface area contributed by atoms with Crippen molar-refractivity contribution >= 4 is 51.5 Å². The van der Waals surface area contributed by atoms with Crippen molar-refractivity contribution in [1.29, 1.82) is 0 Å². The maximum atomic E-state index is 16.5. The Morgan fingerprint density at radius 2 is 1.70 bits per heavy atom. The molecule has 0 saturated carbocycles. The lowest BCUT2D eigenvalue weighted by molar-refractivity contribution is 0.411. The zero-order valence-corrected chi connectivity index (χ0v) is 28.2. The lowest BCUT2D eigenvalue weighted by Crippen LogP contribution is -2.15. The highest BCUT2D eigenvalue weighted by molar-refractivity contribution is 9.10. The molecule has 0 bridgehead atoms. The smallest absolute Gasteiger partial charge is 0.229 e. The van der Waals surface area contributed by atoms with E-state index in [0.717, 1.165) is 16.7 Å². The minimum Gasteiger partial charge on any atom is -0.494 e. The third-order valence-electron chi connectivity index (χ3n) is 7.17. The summed E-state index contributed by atoms with van der Waals surface area (Å²) < 4.78 is 37.8. The maximum absolute atomic E-state index is 16.5. The molecular weight excluding hydrogens is 642 g/mol. The summed E-state index contributed by atoms with van der Waals surface area (Å²) in [6.45, 7) is 9.54. The van der Waals surface area contributed by atoms with Gasteiger partial charge in [-0.05, 0) is 69.6 Å². The third kappa shape index (κ3) is 6.56. The molecule has 0 amide bonds. The van der Waals surface area contributed by atoms with Gasteiger partial charge in [0.05, 0.1) is 23.5 Å². The van der Waals surface area contributed by atoms with Crippen molar-refractivity contribution in [1.82, 2.24) is 19.7 Å². The van der Waals surface area contributed by atoms with Crippen LogP contribution in [0.3, 0.4) is 0 Å². The van der Waals surface area contributed by atoms with Crippen LogP contribution in [0.1, 0.15) is 26.3 Å². The molecule has 0 unspecified atom stereocenters. The van der Waals surface area contributed by atoms with E-state index in [1.54, 1.807) is 43.6 Å². The Labute approximate surface area is 265 Å². The highest BCUT2D eigenvalue weighted by atomic mass is 79.9. The lowest BCUT2D eigenvalue weighted by Gasteiger charge is -2.26. The van der Waals surface area contributed by atoms with Crippen molar-refractivity contribution in [3.05, 3.63) is 89.0 Å². The highest BCUT2D eigenvalue weighted by Crippen LogP contribution is 2.44. The fraction of sp³-hybridized carbons (Fsp3) is 0.242. The van der Waals surface area contributed by atoms with Crippen LogP contribution in [0, 0.1) is 5.82 Å². The van der Waals surface area contributed by atoms with Gasteiger partial charge < -0.3 is 19.9 Å². The predicted molar refractivity (Wildman–Crippen MR) is 181 cm³/mol. The van der Waals surface area contributed by atoms with Gasteiger partial charge in [-0.15, -0.1) is 0 Å². The molecule has 0 atom stereocenters. The van der Waals surface area contributed by atoms with Crippen molar-refractivity contribution < 1.29 is 13.7 Å². The summed E-state index contributed by atoms with van der Waals surface area (Å²) in [5.74, 6) is 0.382. The highest BCUT2D eigenvalue weighted by Gasteiger charge is 2.28. The molecule has 5 rings (SSSR count). The van der Waals surface area contributed by atoms with E-state index in [2.05, 4.69) is 41.6 Å². The molecule has 3 aromatic carbocycles. The molecule has 2 N–H and O–H groups in total. The van der Waals surface area contributed by atoms with E-state index in [0.29, 0.717) is 38.2 Å². The monoisotopic (exact) mass is 676 g/mol. The van der Waals surface area contributed by atoms with E-state index < -0.39 is 13.0 Å². The average Bonchev–Trinajstić information content (AvgIpc) is 3.40. The summed E-state index contributed by atoms with van der Waals surface area (Å²) in [5, 5.41) is 11.3. The second-order valence-electron chi connectivity index (χ2n) is 11.9. The van der Waals surface area contributed by atoms with Gasteiger partial charge in [-0.2, -0.15) is 10.1 Å². The van der Waals surface area contributed by atoms with Crippen LogP contribution in [0.5, 0.6) is 5.75 Å². The Kier molecular flexibility index (Phi) is 8.69. The summed E-state index contributed by atoms with van der Waals surface area (Å²) >= 11 is 3.53. The number of ether oxygens (including phenoxy) is 1. The van der Waals surface area contributed by atoms with Crippen molar-refractivity contribution in [3.8, 4) is 28.0 Å². The number of anilines is 4. The van der Waals surface area contributed by atoms with Crippen LogP contribution < -0.4 is 20.7 Å². The normalized spacial score (nSPS) is 11.8. The zero-order valence-electron chi connectivity index (χ0n) is 25.7. The molecular formula is C33H35BrFN6O2P. The van der Waals surface area contributed by atoms with E-state index in [1.165, 1.54) is 7.11 Å². The minimum absolute atomic E-state index is 0.104. The number of aryl methyl sites for hydroxylation is 1. The molecule has 11 heteroatoms. The molecule has 228 valence electrons. The number of halogens is 2.